The van der Waals surface area contributed by atoms with Crippen molar-refractivity contribution in [2.45, 2.75) is 33.0 Å². The van der Waals surface area contributed by atoms with Crippen molar-refractivity contribution in [3.05, 3.63) is 66.1 Å². The highest BCUT2D eigenvalue weighted by molar-refractivity contribution is 5.60. The van der Waals surface area contributed by atoms with Gasteiger partial charge in [0.25, 0.3) is 0 Å². The van der Waals surface area contributed by atoms with Gasteiger partial charge >= 0.3 is 0 Å². The molecule has 0 N–H and O–H groups in total. The average Bonchev–Trinajstić information content (AvgIpc) is 3.22. The number of hydrogen-bond acceptors (Lipinski definition) is 3. The molecular weight excluding hydrogens is 284 g/mol. The second kappa shape index (κ2) is 5.88. The van der Waals surface area contributed by atoms with E-state index >= 15 is 0 Å². The van der Waals surface area contributed by atoms with Gasteiger partial charge in [-0.25, -0.2) is 0 Å². The molecule has 1 aromatic carbocycles. The molecule has 0 saturated heterocycles. The number of anilines is 1. The number of benzene rings is 1. The molecule has 0 atom stereocenters. The maximum Gasteiger partial charge on any atom is 0.0735 e. The first-order chi connectivity index (χ1) is 11.3. The molecule has 0 spiro atoms. The molecule has 2 aromatic heterocycles. The lowest BCUT2D eigenvalue weighted by Gasteiger charge is -2.17. The number of hydrogen-bond donors (Lipinski definition) is 0. The molecule has 1 aliphatic heterocycles. The lowest BCUT2D eigenvalue weighted by atomic mass is 10.1. The third-order valence-corrected chi connectivity index (χ3v) is 4.34. The van der Waals surface area contributed by atoms with E-state index in [1.807, 2.05) is 17.1 Å². The van der Waals surface area contributed by atoms with Crippen molar-refractivity contribution < 1.29 is 0 Å². The molecule has 1 aliphatic rings. The smallest absolute Gasteiger partial charge is 0.0735 e. The van der Waals surface area contributed by atoms with Crippen LogP contribution in [-0.2, 0) is 19.6 Å². The monoisotopic (exact) mass is 304 g/mol. The van der Waals surface area contributed by atoms with E-state index in [2.05, 4.69) is 64.5 Å². The van der Waals surface area contributed by atoms with E-state index in [9.17, 15) is 0 Å². The van der Waals surface area contributed by atoms with Crippen LogP contribution in [0.4, 0.5) is 5.69 Å². The molecule has 0 unspecified atom stereocenters. The van der Waals surface area contributed by atoms with Crippen molar-refractivity contribution in [2.24, 2.45) is 0 Å². The Morgan fingerprint density at radius 2 is 1.78 bits per heavy atom. The zero-order valence-corrected chi connectivity index (χ0v) is 13.3. The minimum absolute atomic E-state index is 0.949. The number of rotatable bonds is 4. The Balaban J connectivity index is 1.52. The minimum atomic E-state index is 0.949. The van der Waals surface area contributed by atoms with E-state index in [4.69, 9.17) is 0 Å². The van der Waals surface area contributed by atoms with Crippen LogP contribution in [0.15, 0.2) is 55.0 Å². The Bertz CT molecular complexity index is 779. The molecule has 0 bridgehead atoms. The maximum atomic E-state index is 4.63. The zero-order valence-electron chi connectivity index (χ0n) is 13.3. The molecule has 0 amide bonds. The van der Waals surface area contributed by atoms with Crippen LogP contribution in [0.5, 0.6) is 0 Å². The zero-order chi connectivity index (χ0) is 15.6. The van der Waals surface area contributed by atoms with Crippen molar-refractivity contribution >= 4 is 5.69 Å². The van der Waals surface area contributed by atoms with E-state index < -0.39 is 0 Å². The molecule has 4 heteroatoms. The Kier molecular flexibility index (Phi) is 3.58. The van der Waals surface area contributed by atoms with Crippen LogP contribution in [0.3, 0.4) is 0 Å². The molecule has 23 heavy (non-hydrogen) atoms. The van der Waals surface area contributed by atoms with E-state index in [1.54, 1.807) is 0 Å². The minimum Gasteiger partial charge on any atom is -0.362 e. The van der Waals surface area contributed by atoms with Crippen LogP contribution >= 0.6 is 0 Å². The fraction of sp³-hybridized carbons (Fsp3) is 0.263. The highest BCUT2D eigenvalue weighted by Crippen LogP contribution is 2.28. The van der Waals surface area contributed by atoms with Crippen LogP contribution in [0, 0.1) is 0 Å². The fourth-order valence-electron chi connectivity index (χ4n) is 3.11. The molecular formula is C19H20N4. The summed E-state index contributed by atoms with van der Waals surface area (Å²) in [6, 6.07) is 12.9. The van der Waals surface area contributed by atoms with Gasteiger partial charge in [-0.3, -0.25) is 9.67 Å². The summed E-state index contributed by atoms with van der Waals surface area (Å²) in [4.78, 5) is 7.00. The number of aryl methyl sites for hydroxylation is 1. The molecule has 3 heterocycles. The van der Waals surface area contributed by atoms with Gasteiger partial charge in [0, 0.05) is 31.4 Å². The predicted molar refractivity (Wildman–Crippen MR) is 92.1 cm³/mol. The highest BCUT2D eigenvalue weighted by Gasteiger charge is 2.18. The van der Waals surface area contributed by atoms with Crippen LogP contribution in [-0.4, -0.2) is 14.8 Å². The van der Waals surface area contributed by atoms with Crippen molar-refractivity contribution in [1.82, 2.24) is 14.8 Å². The number of aromatic nitrogens is 3. The maximum absolute atomic E-state index is 4.63. The summed E-state index contributed by atoms with van der Waals surface area (Å²) >= 11 is 0. The van der Waals surface area contributed by atoms with Gasteiger partial charge in [-0.1, -0.05) is 31.2 Å². The summed E-state index contributed by atoms with van der Waals surface area (Å²) < 4.78 is 1.97. The van der Waals surface area contributed by atoms with Crippen molar-refractivity contribution in [3.63, 3.8) is 0 Å². The van der Waals surface area contributed by atoms with Gasteiger partial charge in [0.2, 0.25) is 0 Å². The van der Waals surface area contributed by atoms with Gasteiger partial charge < -0.3 is 4.90 Å². The van der Waals surface area contributed by atoms with Crippen molar-refractivity contribution in [1.29, 1.82) is 0 Å². The molecule has 116 valence electrons. The molecule has 0 aliphatic carbocycles. The van der Waals surface area contributed by atoms with E-state index in [-0.39, 0.29) is 0 Å². The molecule has 0 saturated carbocycles. The lowest BCUT2D eigenvalue weighted by Crippen LogP contribution is -2.14. The van der Waals surface area contributed by atoms with E-state index in [0.717, 1.165) is 37.3 Å². The topological polar surface area (TPSA) is 34.0 Å². The van der Waals surface area contributed by atoms with Crippen molar-refractivity contribution in [3.8, 4) is 11.3 Å². The third kappa shape index (κ3) is 2.72. The number of fused-ring (bicyclic) bond motifs is 1. The molecule has 0 radical (unpaired) electrons. The van der Waals surface area contributed by atoms with Gasteiger partial charge in [-0.05, 0) is 29.7 Å². The molecule has 4 nitrogen and oxygen atoms in total. The third-order valence-electron chi connectivity index (χ3n) is 4.34. The van der Waals surface area contributed by atoms with Gasteiger partial charge in [-0.2, -0.15) is 5.10 Å². The van der Waals surface area contributed by atoms with Crippen LogP contribution in [0.2, 0.25) is 0 Å². The van der Waals surface area contributed by atoms with Crippen LogP contribution < -0.4 is 4.90 Å². The highest BCUT2D eigenvalue weighted by atomic mass is 15.3. The van der Waals surface area contributed by atoms with E-state index in [1.165, 1.54) is 16.8 Å². The average molecular weight is 304 g/mol. The first kappa shape index (κ1) is 14.0. The Morgan fingerprint density at radius 3 is 2.43 bits per heavy atom. The van der Waals surface area contributed by atoms with Gasteiger partial charge in [0.1, 0.15) is 0 Å². The fourth-order valence-corrected chi connectivity index (χ4v) is 3.11. The predicted octanol–water partition coefficient (Wildman–Crippen LogP) is 3.88. The Labute approximate surface area is 136 Å². The summed E-state index contributed by atoms with van der Waals surface area (Å²) in [5.41, 5.74) is 6.06. The van der Waals surface area contributed by atoms with Gasteiger partial charge in [0.15, 0.2) is 0 Å². The molecule has 0 fully saturated rings. The first-order valence-electron chi connectivity index (χ1n) is 8.14. The van der Waals surface area contributed by atoms with Crippen molar-refractivity contribution in [2.75, 3.05) is 4.90 Å². The lowest BCUT2D eigenvalue weighted by molar-refractivity contribution is 0.603. The normalized spacial score (nSPS) is 13.3. The SMILES string of the molecule is CCCn1cc(-c2ccc(N3Cc4ccccc4C3)cn2)cn1. The van der Waals surface area contributed by atoms with Gasteiger partial charge in [-0.15, -0.1) is 0 Å². The summed E-state index contributed by atoms with van der Waals surface area (Å²) in [5.74, 6) is 0. The standard InChI is InChI=1S/C19H20N4/c1-2-9-23-14-17(10-21-23)19-8-7-18(11-20-19)22-12-15-5-3-4-6-16(15)13-22/h3-8,10-11,14H,2,9,12-13H2,1H3. The Morgan fingerprint density at radius 1 is 1.00 bits per heavy atom. The Hall–Kier alpha value is -2.62. The second-order valence-electron chi connectivity index (χ2n) is 6.02. The quantitative estimate of drug-likeness (QED) is 0.733. The summed E-state index contributed by atoms with van der Waals surface area (Å²) in [6.45, 7) is 5.03. The molecule has 3 aromatic rings. The summed E-state index contributed by atoms with van der Waals surface area (Å²) in [6.07, 6.45) is 7.02. The molecule has 4 rings (SSSR count). The van der Waals surface area contributed by atoms with Crippen LogP contribution in [0.25, 0.3) is 11.3 Å². The second-order valence-corrected chi connectivity index (χ2v) is 6.02. The summed E-state index contributed by atoms with van der Waals surface area (Å²) in [7, 11) is 0. The number of pyridine rings is 1. The number of nitrogens with zero attached hydrogens (tertiary/aromatic N) is 4. The van der Waals surface area contributed by atoms with Crippen LogP contribution in [0.1, 0.15) is 24.5 Å². The largest absolute Gasteiger partial charge is 0.362 e. The van der Waals surface area contributed by atoms with E-state index in [0.29, 0.717) is 0 Å². The first-order valence-corrected chi connectivity index (χ1v) is 8.14. The van der Waals surface area contributed by atoms with Gasteiger partial charge in [0.05, 0.1) is 23.8 Å². The summed E-state index contributed by atoms with van der Waals surface area (Å²) in [5, 5.41) is 4.38.